The van der Waals surface area contributed by atoms with Gasteiger partial charge in [-0.15, -0.1) is 0 Å². The number of nitrogens with one attached hydrogen (secondary N) is 1. The van der Waals surface area contributed by atoms with E-state index >= 15 is 0 Å². The van der Waals surface area contributed by atoms with Crippen molar-refractivity contribution in [2.75, 3.05) is 5.32 Å². The van der Waals surface area contributed by atoms with Gasteiger partial charge in [-0.1, -0.05) is 84.1 Å². The molecule has 1 N–H and O–H groups in total. The molecule has 1 amide bonds. The lowest BCUT2D eigenvalue weighted by Gasteiger charge is -2.03. The van der Waals surface area contributed by atoms with Crippen LogP contribution >= 0.6 is 11.3 Å². The first-order chi connectivity index (χ1) is 15.2. The van der Waals surface area contributed by atoms with Gasteiger partial charge in [0, 0.05) is 16.7 Å². The lowest BCUT2D eigenvalue weighted by Crippen LogP contribution is -2.11. The summed E-state index contributed by atoms with van der Waals surface area (Å²) < 4.78 is 0. The van der Waals surface area contributed by atoms with Crippen molar-refractivity contribution in [1.82, 2.24) is 4.98 Å². The Bertz CT molecular complexity index is 1280. The largest absolute Gasteiger partial charge is 0.298 e. The van der Waals surface area contributed by atoms with Gasteiger partial charge in [-0.2, -0.15) is 5.26 Å². The summed E-state index contributed by atoms with van der Waals surface area (Å²) in [6, 6.07) is 27.4. The van der Waals surface area contributed by atoms with E-state index in [4.69, 9.17) is 5.26 Å². The molecule has 0 aliphatic heterocycles. The Morgan fingerprint density at radius 3 is 2.29 bits per heavy atom. The highest BCUT2D eigenvalue weighted by Crippen LogP contribution is 2.33. The van der Waals surface area contributed by atoms with Crippen molar-refractivity contribution in [3.8, 4) is 17.3 Å². The normalized spacial score (nSPS) is 10.3. The third-order valence-corrected chi connectivity index (χ3v) is 5.58. The smallest absolute Gasteiger partial charge is 0.257 e. The van der Waals surface area contributed by atoms with E-state index in [9.17, 15) is 9.59 Å². The summed E-state index contributed by atoms with van der Waals surface area (Å²) in [5.41, 5.74) is 3.09. The van der Waals surface area contributed by atoms with Gasteiger partial charge in [-0.25, -0.2) is 4.98 Å². The molecule has 0 aliphatic carbocycles. The average Bonchev–Trinajstić information content (AvgIpc) is 3.24. The molecule has 0 bridgehead atoms. The van der Waals surface area contributed by atoms with E-state index < -0.39 is 0 Å². The van der Waals surface area contributed by atoms with Crippen LogP contribution in [0, 0.1) is 11.3 Å². The van der Waals surface area contributed by atoms with E-state index in [0.29, 0.717) is 26.8 Å². The molecule has 1 heterocycles. The van der Waals surface area contributed by atoms with Crippen LogP contribution in [0.5, 0.6) is 0 Å². The zero-order valence-electron chi connectivity index (χ0n) is 16.4. The minimum atomic E-state index is -0.341. The SMILES string of the molecule is N#CCc1cccc(C(=O)Nc2nc(-c3ccccc3)c(C(=O)c3ccccc3)s2)c1. The van der Waals surface area contributed by atoms with Gasteiger partial charge in [0.05, 0.1) is 18.2 Å². The molecule has 4 rings (SSSR count). The maximum Gasteiger partial charge on any atom is 0.257 e. The van der Waals surface area contributed by atoms with Crippen LogP contribution in [0.3, 0.4) is 0 Å². The van der Waals surface area contributed by atoms with Gasteiger partial charge in [0.25, 0.3) is 5.91 Å². The zero-order valence-corrected chi connectivity index (χ0v) is 17.2. The summed E-state index contributed by atoms with van der Waals surface area (Å²) in [7, 11) is 0. The molecular formula is C25H17N3O2S. The van der Waals surface area contributed by atoms with Gasteiger partial charge in [0.2, 0.25) is 5.78 Å². The fourth-order valence-corrected chi connectivity index (χ4v) is 4.07. The third-order valence-electron chi connectivity index (χ3n) is 4.61. The van der Waals surface area contributed by atoms with E-state index in [1.807, 2.05) is 48.5 Å². The lowest BCUT2D eigenvalue weighted by molar-refractivity contribution is 0.102. The predicted molar refractivity (Wildman–Crippen MR) is 121 cm³/mol. The van der Waals surface area contributed by atoms with Crippen molar-refractivity contribution < 1.29 is 9.59 Å². The fourth-order valence-electron chi connectivity index (χ4n) is 3.12. The number of rotatable bonds is 6. The van der Waals surface area contributed by atoms with Crippen molar-refractivity contribution in [1.29, 1.82) is 5.26 Å². The van der Waals surface area contributed by atoms with Crippen LogP contribution in [0.1, 0.15) is 31.2 Å². The molecular weight excluding hydrogens is 406 g/mol. The Labute approximate surface area is 183 Å². The molecule has 31 heavy (non-hydrogen) atoms. The van der Waals surface area contributed by atoms with E-state index in [1.165, 1.54) is 0 Å². The number of carbonyl (C=O) groups excluding carboxylic acids is 2. The van der Waals surface area contributed by atoms with E-state index in [1.54, 1.807) is 36.4 Å². The summed E-state index contributed by atoms with van der Waals surface area (Å²) in [5.74, 6) is -0.486. The molecule has 3 aromatic carbocycles. The second-order valence-corrected chi connectivity index (χ2v) is 7.75. The third kappa shape index (κ3) is 4.58. The maximum atomic E-state index is 13.2. The van der Waals surface area contributed by atoms with Crippen molar-refractivity contribution in [3.05, 3.63) is 106 Å². The number of aromatic nitrogens is 1. The summed E-state index contributed by atoms with van der Waals surface area (Å²) in [6.45, 7) is 0. The number of hydrogen-bond acceptors (Lipinski definition) is 5. The molecule has 150 valence electrons. The number of anilines is 1. The van der Waals surface area contributed by atoms with Crippen molar-refractivity contribution in [3.63, 3.8) is 0 Å². The van der Waals surface area contributed by atoms with Gasteiger partial charge in [-0.05, 0) is 17.7 Å². The predicted octanol–water partition coefficient (Wildman–Crippen LogP) is 5.36. The number of carbonyl (C=O) groups is 2. The number of nitrogens with zero attached hydrogens (tertiary/aromatic N) is 2. The zero-order chi connectivity index (χ0) is 21.6. The van der Waals surface area contributed by atoms with Crippen LogP contribution < -0.4 is 5.32 Å². The second-order valence-electron chi connectivity index (χ2n) is 6.75. The van der Waals surface area contributed by atoms with Crippen LogP contribution in [0.15, 0.2) is 84.9 Å². The lowest BCUT2D eigenvalue weighted by atomic mass is 10.1. The van der Waals surface area contributed by atoms with Crippen LogP contribution in [-0.4, -0.2) is 16.7 Å². The first-order valence-electron chi connectivity index (χ1n) is 9.59. The summed E-state index contributed by atoms with van der Waals surface area (Å²) in [6.07, 6.45) is 0.228. The molecule has 0 unspecified atom stereocenters. The van der Waals surface area contributed by atoms with Gasteiger partial charge < -0.3 is 0 Å². The van der Waals surface area contributed by atoms with Gasteiger partial charge in [0.15, 0.2) is 5.13 Å². The molecule has 1 aromatic heterocycles. The van der Waals surface area contributed by atoms with Crippen molar-refractivity contribution in [2.24, 2.45) is 0 Å². The number of thiazole rings is 1. The number of ketones is 1. The Kier molecular flexibility index (Phi) is 5.97. The Balaban J connectivity index is 1.68. The van der Waals surface area contributed by atoms with Gasteiger partial charge >= 0.3 is 0 Å². The van der Waals surface area contributed by atoms with Crippen molar-refractivity contribution in [2.45, 2.75) is 6.42 Å². The molecule has 0 spiro atoms. The van der Waals surface area contributed by atoms with Crippen LogP contribution in [0.4, 0.5) is 5.13 Å². The summed E-state index contributed by atoms with van der Waals surface area (Å²) in [5, 5.41) is 12.0. The topological polar surface area (TPSA) is 82.8 Å². The van der Waals surface area contributed by atoms with Crippen LogP contribution in [0.25, 0.3) is 11.3 Å². The Hall–Kier alpha value is -4.08. The van der Waals surface area contributed by atoms with E-state index in [0.717, 1.165) is 22.5 Å². The molecule has 0 atom stereocenters. The Morgan fingerprint density at radius 2 is 1.58 bits per heavy atom. The number of hydrogen-bond donors (Lipinski definition) is 1. The van der Waals surface area contributed by atoms with Gasteiger partial charge in [0.1, 0.15) is 4.88 Å². The standard InChI is InChI=1S/C25H17N3O2S/c26-15-14-17-8-7-13-20(16-17)24(30)28-25-27-21(18-9-3-1-4-10-18)23(31-25)22(29)19-11-5-2-6-12-19/h1-13,16H,14H2,(H,27,28,30). The molecule has 0 aliphatic rings. The van der Waals surface area contributed by atoms with Crippen LogP contribution in [0.2, 0.25) is 0 Å². The molecule has 4 aromatic rings. The number of amides is 1. The summed E-state index contributed by atoms with van der Waals surface area (Å²) >= 11 is 1.15. The highest BCUT2D eigenvalue weighted by molar-refractivity contribution is 7.18. The maximum absolute atomic E-state index is 13.2. The molecule has 0 saturated heterocycles. The Morgan fingerprint density at radius 1 is 0.903 bits per heavy atom. The minimum Gasteiger partial charge on any atom is -0.298 e. The quantitative estimate of drug-likeness (QED) is 0.423. The molecule has 0 radical (unpaired) electrons. The highest BCUT2D eigenvalue weighted by atomic mass is 32.1. The van der Waals surface area contributed by atoms with E-state index in [-0.39, 0.29) is 18.1 Å². The first kappa shape index (κ1) is 20.2. The molecule has 6 heteroatoms. The van der Waals surface area contributed by atoms with Gasteiger partial charge in [-0.3, -0.25) is 14.9 Å². The number of benzene rings is 3. The molecule has 5 nitrogen and oxygen atoms in total. The van der Waals surface area contributed by atoms with Crippen LogP contribution in [-0.2, 0) is 6.42 Å². The second kappa shape index (κ2) is 9.16. The highest BCUT2D eigenvalue weighted by Gasteiger charge is 2.22. The number of nitriles is 1. The molecule has 0 saturated carbocycles. The van der Waals surface area contributed by atoms with E-state index in [2.05, 4.69) is 16.4 Å². The summed E-state index contributed by atoms with van der Waals surface area (Å²) in [4.78, 5) is 30.9. The average molecular weight is 423 g/mol. The fraction of sp³-hybridized carbons (Fsp3) is 0.0400. The van der Waals surface area contributed by atoms with Crippen molar-refractivity contribution >= 4 is 28.2 Å². The monoisotopic (exact) mass is 423 g/mol. The molecule has 0 fully saturated rings. The first-order valence-corrected chi connectivity index (χ1v) is 10.4. The minimum absolute atomic E-state index is 0.145.